The van der Waals surface area contributed by atoms with E-state index in [9.17, 15) is 9.59 Å². The molecule has 1 N–H and O–H groups in total. The van der Waals surface area contributed by atoms with Gasteiger partial charge in [-0.1, -0.05) is 6.07 Å². The van der Waals surface area contributed by atoms with E-state index in [0.717, 1.165) is 62.5 Å². The molecule has 0 unspecified atom stereocenters. The molecular weight excluding hydrogens is 382 g/mol. The highest BCUT2D eigenvalue weighted by molar-refractivity contribution is 5.88. The third kappa shape index (κ3) is 3.58. The van der Waals surface area contributed by atoms with Crippen molar-refractivity contribution in [3.63, 3.8) is 0 Å². The number of carbonyl (C=O) groups excluding carboxylic acids is 1. The highest BCUT2D eigenvalue weighted by Gasteiger charge is 2.35. The smallest absolute Gasteiger partial charge is 0.356 e. The Labute approximate surface area is 175 Å². The number of fused-ring (bicyclic) bond motifs is 4. The molecule has 0 aliphatic carbocycles. The molecule has 2 bridgehead atoms. The van der Waals surface area contributed by atoms with Crippen LogP contribution in [-0.4, -0.2) is 63.8 Å². The Kier molecular flexibility index (Phi) is 5.20. The van der Waals surface area contributed by atoms with E-state index >= 15 is 0 Å². The first-order chi connectivity index (χ1) is 14.6. The topological polar surface area (TPSA) is 83.5 Å². The summed E-state index contributed by atoms with van der Waals surface area (Å²) in [6.07, 6.45) is 5.30. The Morgan fingerprint density at radius 2 is 1.93 bits per heavy atom. The predicted octanol–water partition coefficient (Wildman–Crippen LogP) is 1.57. The number of rotatable bonds is 5. The number of piperidine rings is 1. The number of methoxy groups -OCH3 is 1. The van der Waals surface area contributed by atoms with E-state index in [1.165, 1.54) is 20.0 Å². The number of H-pyrrole nitrogens is 1. The lowest BCUT2D eigenvalue weighted by molar-refractivity contribution is 0.0589. The number of hydrogen-bond acceptors (Lipinski definition) is 6. The van der Waals surface area contributed by atoms with Gasteiger partial charge in [0.15, 0.2) is 0 Å². The molecule has 2 aromatic heterocycles. The van der Waals surface area contributed by atoms with E-state index in [0.29, 0.717) is 24.1 Å². The van der Waals surface area contributed by atoms with Gasteiger partial charge in [-0.15, -0.1) is 0 Å². The second-order valence-corrected chi connectivity index (χ2v) is 8.94. The number of ether oxygens (including phenoxy) is 1. The molecule has 5 rings (SSSR count). The number of aromatic amines is 1. The number of aromatic nitrogens is 3. The number of nitrogens with zero attached hydrogens (tertiary/aromatic N) is 4. The fourth-order valence-electron chi connectivity index (χ4n) is 5.47. The van der Waals surface area contributed by atoms with Gasteiger partial charge >= 0.3 is 5.97 Å². The van der Waals surface area contributed by atoms with Crippen LogP contribution in [0.3, 0.4) is 0 Å². The number of hydrogen-bond donors (Lipinski definition) is 1. The molecule has 2 saturated heterocycles. The second-order valence-electron chi connectivity index (χ2n) is 8.94. The minimum absolute atomic E-state index is 0.199. The molecule has 8 heteroatoms. The highest BCUT2D eigenvalue weighted by atomic mass is 16.5. The summed E-state index contributed by atoms with van der Waals surface area (Å²) in [5.74, 6) is 0.408. The Balaban J connectivity index is 1.34. The Morgan fingerprint density at radius 3 is 2.73 bits per heavy atom. The first-order valence-corrected chi connectivity index (χ1v) is 10.9. The van der Waals surface area contributed by atoms with Crippen LogP contribution in [0.15, 0.2) is 23.1 Å². The summed E-state index contributed by atoms with van der Waals surface area (Å²) in [7, 11) is 1.38. The molecule has 3 aliphatic heterocycles. The fourth-order valence-corrected chi connectivity index (χ4v) is 5.47. The van der Waals surface area contributed by atoms with Crippen LogP contribution in [0.1, 0.15) is 52.5 Å². The first-order valence-electron chi connectivity index (χ1n) is 10.9. The molecule has 0 aromatic carbocycles. The number of carbonyl (C=O) groups is 1. The van der Waals surface area contributed by atoms with Crippen LogP contribution in [-0.2, 0) is 24.4 Å². The molecule has 3 aliphatic rings. The summed E-state index contributed by atoms with van der Waals surface area (Å²) >= 11 is 0. The van der Waals surface area contributed by atoms with Gasteiger partial charge in [-0.05, 0) is 44.3 Å². The van der Waals surface area contributed by atoms with Crippen molar-refractivity contribution < 1.29 is 9.53 Å². The van der Waals surface area contributed by atoms with Gasteiger partial charge in [0.25, 0.3) is 5.56 Å². The van der Waals surface area contributed by atoms with Crippen molar-refractivity contribution in [2.75, 3.05) is 33.3 Å². The van der Waals surface area contributed by atoms with Gasteiger partial charge in [-0.2, -0.15) is 5.10 Å². The molecule has 2 aromatic rings. The lowest BCUT2D eigenvalue weighted by atomic mass is 9.82. The fraction of sp³-hybridized carbons (Fsp3) is 0.591. The zero-order chi connectivity index (χ0) is 20.7. The number of pyridine rings is 1. The number of nitrogens with one attached hydrogen (secondary N) is 1. The largest absolute Gasteiger partial charge is 0.464 e. The zero-order valence-corrected chi connectivity index (χ0v) is 17.5. The van der Waals surface area contributed by atoms with E-state index in [-0.39, 0.29) is 11.5 Å². The van der Waals surface area contributed by atoms with Crippen molar-refractivity contribution in [2.45, 2.75) is 44.8 Å². The van der Waals surface area contributed by atoms with E-state index in [1.54, 1.807) is 6.20 Å². The number of likely N-dealkylation sites (tertiary alicyclic amines) is 2. The summed E-state index contributed by atoms with van der Waals surface area (Å²) in [4.78, 5) is 29.9. The molecule has 160 valence electrons. The first kappa shape index (κ1) is 19.5. The van der Waals surface area contributed by atoms with Crippen LogP contribution < -0.4 is 5.56 Å². The lowest BCUT2D eigenvalue weighted by Gasteiger charge is -2.43. The van der Waals surface area contributed by atoms with Crippen LogP contribution >= 0.6 is 0 Å². The van der Waals surface area contributed by atoms with Gasteiger partial charge in [0, 0.05) is 55.5 Å². The van der Waals surface area contributed by atoms with Crippen molar-refractivity contribution in [3.8, 4) is 0 Å². The van der Waals surface area contributed by atoms with Crippen LogP contribution in [0, 0.1) is 5.92 Å². The van der Waals surface area contributed by atoms with Crippen molar-refractivity contribution in [1.82, 2.24) is 24.6 Å². The molecular formula is C22H29N5O3. The summed E-state index contributed by atoms with van der Waals surface area (Å²) in [5.41, 5.74) is 3.58. The standard InChI is InChI=1S/C22H29N5O3/c1-30-22(29)20-18(9-23-24-20)14-26-10-15-8-17(13-26)19-5-4-16(21(28)27(19)11-15)12-25-6-2-3-7-25/h4-5,9,15,17H,2-3,6-8,10-14H2,1H3,(H,23,24)/t15-,17+/m0/s1. The third-order valence-electron chi connectivity index (χ3n) is 6.85. The van der Waals surface area contributed by atoms with E-state index < -0.39 is 0 Å². The maximum atomic E-state index is 13.2. The second kappa shape index (κ2) is 8.00. The third-order valence-corrected chi connectivity index (χ3v) is 6.85. The molecule has 0 saturated carbocycles. The minimum Gasteiger partial charge on any atom is -0.464 e. The van der Waals surface area contributed by atoms with Crippen molar-refractivity contribution in [3.05, 3.63) is 51.2 Å². The maximum Gasteiger partial charge on any atom is 0.356 e. The van der Waals surface area contributed by atoms with Crippen LogP contribution in [0.2, 0.25) is 0 Å². The normalized spacial score (nSPS) is 24.0. The summed E-state index contributed by atoms with van der Waals surface area (Å²) < 4.78 is 6.89. The van der Waals surface area contributed by atoms with E-state index in [2.05, 4.69) is 32.1 Å². The Bertz CT molecular complexity index is 991. The van der Waals surface area contributed by atoms with Gasteiger partial charge < -0.3 is 9.30 Å². The molecule has 5 heterocycles. The number of esters is 1. The average molecular weight is 412 g/mol. The van der Waals surface area contributed by atoms with Crippen LogP contribution in [0.4, 0.5) is 0 Å². The SMILES string of the molecule is COC(=O)c1[nH]ncc1CN1C[C@@H]2C[C@H](C1)c1ccc(CN3CCCC3)c(=O)n1C2. The predicted molar refractivity (Wildman–Crippen MR) is 111 cm³/mol. The van der Waals surface area contributed by atoms with Gasteiger partial charge in [0.2, 0.25) is 0 Å². The molecule has 2 atom stereocenters. The maximum absolute atomic E-state index is 13.2. The molecule has 2 fully saturated rings. The molecule has 30 heavy (non-hydrogen) atoms. The van der Waals surface area contributed by atoms with Crippen molar-refractivity contribution >= 4 is 5.97 Å². The quantitative estimate of drug-likeness (QED) is 0.752. The van der Waals surface area contributed by atoms with Crippen LogP contribution in [0.5, 0.6) is 0 Å². The monoisotopic (exact) mass is 411 g/mol. The van der Waals surface area contributed by atoms with Crippen LogP contribution in [0.25, 0.3) is 0 Å². The van der Waals surface area contributed by atoms with E-state index in [1.807, 2.05) is 4.57 Å². The Morgan fingerprint density at radius 1 is 1.13 bits per heavy atom. The molecule has 0 spiro atoms. The summed E-state index contributed by atoms with van der Waals surface area (Å²) in [6.45, 7) is 6.22. The van der Waals surface area contributed by atoms with Crippen molar-refractivity contribution in [1.29, 1.82) is 0 Å². The summed E-state index contributed by atoms with van der Waals surface area (Å²) in [6, 6.07) is 4.23. The molecule has 8 nitrogen and oxygen atoms in total. The lowest BCUT2D eigenvalue weighted by Crippen LogP contribution is -2.47. The molecule has 0 radical (unpaired) electrons. The van der Waals surface area contributed by atoms with Gasteiger partial charge in [0.05, 0.1) is 13.3 Å². The molecule has 0 amide bonds. The average Bonchev–Trinajstić information content (AvgIpc) is 3.42. The van der Waals surface area contributed by atoms with Gasteiger partial charge in [0.1, 0.15) is 5.69 Å². The van der Waals surface area contributed by atoms with Gasteiger partial charge in [-0.3, -0.25) is 19.7 Å². The Hall–Kier alpha value is -2.45. The zero-order valence-electron chi connectivity index (χ0n) is 17.5. The van der Waals surface area contributed by atoms with Crippen molar-refractivity contribution in [2.24, 2.45) is 5.92 Å². The van der Waals surface area contributed by atoms with E-state index in [4.69, 9.17) is 4.74 Å². The highest BCUT2D eigenvalue weighted by Crippen LogP contribution is 2.36. The summed E-state index contributed by atoms with van der Waals surface area (Å²) in [5, 5.41) is 6.78. The minimum atomic E-state index is -0.387. The van der Waals surface area contributed by atoms with Gasteiger partial charge in [-0.25, -0.2) is 4.79 Å².